The van der Waals surface area contributed by atoms with Crippen molar-refractivity contribution in [1.29, 1.82) is 0 Å². The Hall–Kier alpha value is -1.58. The van der Waals surface area contributed by atoms with Crippen LogP contribution in [-0.4, -0.2) is 11.5 Å². The molecule has 0 aliphatic heterocycles. The highest BCUT2D eigenvalue weighted by Gasteiger charge is 2.16. The first-order valence-electron chi connectivity index (χ1n) is 6.16. The molecule has 0 saturated heterocycles. The zero-order chi connectivity index (χ0) is 12.3. The van der Waals surface area contributed by atoms with E-state index in [0.717, 1.165) is 23.7 Å². The fourth-order valence-corrected chi connectivity index (χ4v) is 2.11. The Balaban J connectivity index is 1.93. The summed E-state index contributed by atoms with van der Waals surface area (Å²) in [5.74, 6) is 0.863. The molecule has 1 fully saturated rings. The van der Waals surface area contributed by atoms with Gasteiger partial charge >= 0.3 is 0 Å². The summed E-state index contributed by atoms with van der Waals surface area (Å²) in [5, 5.41) is 14.0. The zero-order valence-electron chi connectivity index (χ0n) is 10.1. The number of nitrogens with zero attached hydrogens (tertiary/aromatic N) is 1. The Kier molecular flexibility index (Phi) is 3.61. The van der Waals surface area contributed by atoms with Crippen LogP contribution in [0.3, 0.4) is 0 Å². The monoisotopic (exact) mass is 234 g/mol. The van der Waals surface area contributed by atoms with Crippen molar-refractivity contribution in [2.45, 2.75) is 32.6 Å². The SMILES string of the molecule is Cc1ccc([N+](=O)[O-])cc1NCCC1CCC1. The van der Waals surface area contributed by atoms with Crippen molar-refractivity contribution in [3.8, 4) is 0 Å². The third-order valence-electron chi connectivity index (χ3n) is 3.52. The lowest BCUT2D eigenvalue weighted by Gasteiger charge is -2.25. The predicted molar refractivity (Wildman–Crippen MR) is 68.3 cm³/mol. The van der Waals surface area contributed by atoms with Gasteiger partial charge in [0.05, 0.1) is 4.92 Å². The lowest BCUT2D eigenvalue weighted by molar-refractivity contribution is -0.384. The Labute approximate surface area is 101 Å². The van der Waals surface area contributed by atoms with Gasteiger partial charge in [0, 0.05) is 24.4 Å². The molecule has 2 rings (SSSR count). The minimum absolute atomic E-state index is 0.154. The van der Waals surface area contributed by atoms with Crippen molar-refractivity contribution in [1.82, 2.24) is 0 Å². The Morgan fingerprint density at radius 2 is 2.24 bits per heavy atom. The molecular formula is C13H18N2O2. The van der Waals surface area contributed by atoms with Gasteiger partial charge in [-0.25, -0.2) is 0 Å². The highest BCUT2D eigenvalue weighted by molar-refractivity contribution is 5.56. The highest BCUT2D eigenvalue weighted by Crippen LogP contribution is 2.29. The summed E-state index contributed by atoms with van der Waals surface area (Å²) >= 11 is 0. The average molecular weight is 234 g/mol. The van der Waals surface area contributed by atoms with E-state index in [1.54, 1.807) is 18.2 Å². The van der Waals surface area contributed by atoms with Crippen LogP contribution in [0, 0.1) is 23.0 Å². The van der Waals surface area contributed by atoms with Gasteiger partial charge in [-0.2, -0.15) is 0 Å². The van der Waals surface area contributed by atoms with Gasteiger partial charge in [-0.15, -0.1) is 0 Å². The van der Waals surface area contributed by atoms with Gasteiger partial charge in [0.2, 0.25) is 0 Å². The van der Waals surface area contributed by atoms with Crippen LogP contribution in [-0.2, 0) is 0 Å². The van der Waals surface area contributed by atoms with Crippen molar-refractivity contribution < 1.29 is 4.92 Å². The molecular weight excluding hydrogens is 216 g/mol. The first kappa shape index (κ1) is 11.9. The maximum atomic E-state index is 10.7. The van der Waals surface area contributed by atoms with E-state index in [1.807, 2.05) is 6.92 Å². The first-order chi connectivity index (χ1) is 8.16. The van der Waals surface area contributed by atoms with Crippen LogP contribution in [0.2, 0.25) is 0 Å². The number of hydrogen-bond donors (Lipinski definition) is 1. The Morgan fingerprint density at radius 1 is 1.47 bits per heavy atom. The van der Waals surface area contributed by atoms with E-state index in [2.05, 4.69) is 5.32 Å². The van der Waals surface area contributed by atoms with Crippen LogP contribution in [0.25, 0.3) is 0 Å². The maximum Gasteiger partial charge on any atom is 0.271 e. The molecule has 4 nitrogen and oxygen atoms in total. The van der Waals surface area contributed by atoms with Gasteiger partial charge in [0.15, 0.2) is 0 Å². The summed E-state index contributed by atoms with van der Waals surface area (Å²) in [4.78, 5) is 10.3. The number of nitro groups is 1. The standard InChI is InChI=1S/C13H18N2O2/c1-10-5-6-12(15(16)17)9-13(10)14-8-7-11-3-2-4-11/h5-6,9,11,14H,2-4,7-8H2,1H3. The van der Waals surface area contributed by atoms with E-state index in [1.165, 1.54) is 25.7 Å². The van der Waals surface area contributed by atoms with Gasteiger partial charge in [-0.3, -0.25) is 10.1 Å². The third-order valence-corrected chi connectivity index (χ3v) is 3.52. The number of rotatable bonds is 5. The number of nitro benzene ring substituents is 1. The van der Waals surface area contributed by atoms with Crippen molar-refractivity contribution in [2.75, 3.05) is 11.9 Å². The number of aryl methyl sites for hydroxylation is 1. The molecule has 17 heavy (non-hydrogen) atoms. The second-order valence-corrected chi connectivity index (χ2v) is 4.77. The summed E-state index contributed by atoms with van der Waals surface area (Å²) < 4.78 is 0. The fourth-order valence-electron chi connectivity index (χ4n) is 2.11. The molecule has 0 atom stereocenters. The van der Waals surface area contributed by atoms with Crippen LogP contribution < -0.4 is 5.32 Å². The summed E-state index contributed by atoms with van der Waals surface area (Å²) in [7, 11) is 0. The minimum Gasteiger partial charge on any atom is -0.385 e. The van der Waals surface area contributed by atoms with Crippen molar-refractivity contribution >= 4 is 11.4 Å². The minimum atomic E-state index is -0.351. The van der Waals surface area contributed by atoms with E-state index in [9.17, 15) is 10.1 Å². The van der Waals surface area contributed by atoms with Gasteiger partial charge < -0.3 is 5.32 Å². The van der Waals surface area contributed by atoms with Gasteiger partial charge in [0.1, 0.15) is 0 Å². The number of nitrogens with one attached hydrogen (secondary N) is 1. The Bertz CT molecular complexity index is 414. The molecule has 1 saturated carbocycles. The highest BCUT2D eigenvalue weighted by atomic mass is 16.6. The number of hydrogen-bond acceptors (Lipinski definition) is 3. The largest absolute Gasteiger partial charge is 0.385 e. The topological polar surface area (TPSA) is 55.2 Å². The fraction of sp³-hybridized carbons (Fsp3) is 0.538. The molecule has 0 spiro atoms. The second-order valence-electron chi connectivity index (χ2n) is 4.77. The molecule has 92 valence electrons. The molecule has 0 amide bonds. The van der Waals surface area contributed by atoms with E-state index in [0.29, 0.717) is 0 Å². The molecule has 0 heterocycles. The predicted octanol–water partition coefficient (Wildman–Crippen LogP) is 3.51. The molecule has 0 bridgehead atoms. The summed E-state index contributed by atoms with van der Waals surface area (Å²) in [6.07, 6.45) is 5.22. The molecule has 1 aliphatic carbocycles. The lowest BCUT2D eigenvalue weighted by atomic mass is 9.83. The number of non-ortho nitro benzene ring substituents is 1. The van der Waals surface area contributed by atoms with Crippen molar-refractivity contribution in [3.05, 3.63) is 33.9 Å². The molecule has 1 N–H and O–H groups in total. The summed E-state index contributed by atoms with van der Waals surface area (Å²) in [6.45, 7) is 2.88. The lowest BCUT2D eigenvalue weighted by Crippen LogP contribution is -2.15. The van der Waals surface area contributed by atoms with Gasteiger partial charge in [-0.1, -0.05) is 25.3 Å². The molecule has 1 aromatic rings. The first-order valence-corrected chi connectivity index (χ1v) is 6.16. The molecule has 0 aromatic heterocycles. The van der Waals surface area contributed by atoms with E-state index >= 15 is 0 Å². The normalized spacial score (nSPS) is 15.4. The average Bonchev–Trinajstić information content (AvgIpc) is 2.23. The van der Waals surface area contributed by atoms with Crippen LogP contribution in [0.5, 0.6) is 0 Å². The maximum absolute atomic E-state index is 10.7. The van der Waals surface area contributed by atoms with Crippen LogP contribution in [0.4, 0.5) is 11.4 Å². The second kappa shape index (κ2) is 5.17. The molecule has 1 aliphatic rings. The summed E-state index contributed by atoms with van der Waals surface area (Å²) in [6, 6.07) is 4.96. The van der Waals surface area contributed by atoms with Crippen LogP contribution >= 0.6 is 0 Å². The van der Waals surface area contributed by atoms with E-state index < -0.39 is 0 Å². The number of benzene rings is 1. The van der Waals surface area contributed by atoms with Gasteiger partial charge in [0.25, 0.3) is 5.69 Å². The third kappa shape index (κ3) is 2.96. The van der Waals surface area contributed by atoms with E-state index in [-0.39, 0.29) is 10.6 Å². The molecule has 0 unspecified atom stereocenters. The smallest absolute Gasteiger partial charge is 0.271 e. The van der Waals surface area contributed by atoms with Gasteiger partial charge in [-0.05, 0) is 24.8 Å². The quantitative estimate of drug-likeness (QED) is 0.626. The molecule has 0 radical (unpaired) electrons. The van der Waals surface area contributed by atoms with Crippen molar-refractivity contribution in [3.63, 3.8) is 0 Å². The molecule has 1 aromatic carbocycles. The summed E-state index contributed by atoms with van der Waals surface area (Å²) in [5.41, 5.74) is 2.10. The van der Waals surface area contributed by atoms with Crippen LogP contribution in [0.1, 0.15) is 31.2 Å². The van der Waals surface area contributed by atoms with Crippen molar-refractivity contribution in [2.24, 2.45) is 5.92 Å². The zero-order valence-corrected chi connectivity index (χ0v) is 10.1. The number of anilines is 1. The molecule has 4 heteroatoms. The Morgan fingerprint density at radius 3 is 2.82 bits per heavy atom. The van der Waals surface area contributed by atoms with Crippen LogP contribution in [0.15, 0.2) is 18.2 Å². The van der Waals surface area contributed by atoms with E-state index in [4.69, 9.17) is 0 Å².